The molecule has 18 heavy (non-hydrogen) atoms. The monoisotopic (exact) mass is 254 g/mol. The molecule has 2 N–H and O–H groups in total. The molecule has 0 aliphatic carbocycles. The standard InChI is InChI=1S/C13H26N4O/c1-10(2)17-11(14-9-16-17)13(6,18)7-8-15-12(3,4)5/h9-10,15,18H,7-8H2,1-6H3. The normalized spacial score (nSPS) is 16.0. The van der Waals surface area contributed by atoms with Crippen LogP contribution in [0.15, 0.2) is 6.33 Å². The summed E-state index contributed by atoms with van der Waals surface area (Å²) in [6.07, 6.45) is 2.11. The van der Waals surface area contributed by atoms with E-state index >= 15 is 0 Å². The van der Waals surface area contributed by atoms with Crippen LogP contribution in [-0.4, -0.2) is 32.0 Å². The summed E-state index contributed by atoms with van der Waals surface area (Å²) in [7, 11) is 0. The predicted octanol–water partition coefficient (Wildman–Crippen LogP) is 1.84. The van der Waals surface area contributed by atoms with Gasteiger partial charge in [0.25, 0.3) is 0 Å². The molecule has 1 atom stereocenters. The first-order valence-corrected chi connectivity index (χ1v) is 6.51. The molecule has 0 saturated carbocycles. The summed E-state index contributed by atoms with van der Waals surface area (Å²) in [5.74, 6) is 0.633. The van der Waals surface area contributed by atoms with E-state index in [2.05, 4.69) is 36.2 Å². The van der Waals surface area contributed by atoms with Gasteiger partial charge in [0.15, 0.2) is 5.82 Å². The molecular weight excluding hydrogens is 228 g/mol. The van der Waals surface area contributed by atoms with Crippen molar-refractivity contribution in [1.29, 1.82) is 0 Å². The van der Waals surface area contributed by atoms with Crippen molar-refractivity contribution in [2.45, 2.75) is 65.1 Å². The summed E-state index contributed by atoms with van der Waals surface area (Å²) >= 11 is 0. The Balaban J connectivity index is 2.71. The van der Waals surface area contributed by atoms with Crippen LogP contribution in [-0.2, 0) is 5.60 Å². The minimum atomic E-state index is -0.959. The van der Waals surface area contributed by atoms with Gasteiger partial charge in [0.2, 0.25) is 0 Å². The Kier molecular flexibility index (Phi) is 4.50. The Hall–Kier alpha value is -0.940. The largest absolute Gasteiger partial charge is 0.382 e. The van der Waals surface area contributed by atoms with Crippen LogP contribution in [0.1, 0.15) is 59.8 Å². The first kappa shape index (κ1) is 15.1. The van der Waals surface area contributed by atoms with Gasteiger partial charge in [-0.25, -0.2) is 9.67 Å². The lowest BCUT2D eigenvalue weighted by Crippen LogP contribution is -2.39. The van der Waals surface area contributed by atoms with Gasteiger partial charge in [-0.2, -0.15) is 5.10 Å². The Bertz CT molecular complexity index is 377. The van der Waals surface area contributed by atoms with E-state index in [1.807, 2.05) is 13.8 Å². The Morgan fingerprint density at radius 3 is 2.44 bits per heavy atom. The lowest BCUT2D eigenvalue weighted by atomic mass is 10.00. The zero-order chi connectivity index (χ0) is 14.0. The molecule has 0 aliphatic heterocycles. The highest BCUT2D eigenvalue weighted by molar-refractivity contribution is 5.00. The van der Waals surface area contributed by atoms with Crippen molar-refractivity contribution in [3.8, 4) is 0 Å². The molecule has 1 heterocycles. The van der Waals surface area contributed by atoms with Gasteiger partial charge in [-0.1, -0.05) is 0 Å². The number of nitrogens with one attached hydrogen (secondary N) is 1. The van der Waals surface area contributed by atoms with Crippen LogP contribution < -0.4 is 5.32 Å². The Morgan fingerprint density at radius 1 is 1.33 bits per heavy atom. The lowest BCUT2D eigenvalue weighted by molar-refractivity contribution is 0.0314. The van der Waals surface area contributed by atoms with E-state index < -0.39 is 5.60 Å². The van der Waals surface area contributed by atoms with E-state index in [0.717, 1.165) is 6.54 Å². The summed E-state index contributed by atoms with van der Waals surface area (Å²) in [5, 5.41) is 18.1. The second kappa shape index (κ2) is 5.36. The van der Waals surface area contributed by atoms with Crippen LogP contribution in [0.2, 0.25) is 0 Å². The molecular formula is C13H26N4O. The zero-order valence-electron chi connectivity index (χ0n) is 12.4. The smallest absolute Gasteiger partial charge is 0.158 e. The van der Waals surface area contributed by atoms with Crippen molar-refractivity contribution < 1.29 is 5.11 Å². The maximum Gasteiger partial charge on any atom is 0.158 e. The number of hydrogen-bond donors (Lipinski definition) is 2. The van der Waals surface area contributed by atoms with Crippen molar-refractivity contribution >= 4 is 0 Å². The van der Waals surface area contributed by atoms with Gasteiger partial charge in [0.1, 0.15) is 11.9 Å². The molecule has 1 aromatic heterocycles. The summed E-state index contributed by atoms with van der Waals surface area (Å²) in [6.45, 7) is 12.9. The first-order valence-electron chi connectivity index (χ1n) is 6.51. The second-order valence-electron chi connectivity index (χ2n) is 6.32. The van der Waals surface area contributed by atoms with Crippen LogP contribution in [0.3, 0.4) is 0 Å². The minimum Gasteiger partial charge on any atom is -0.382 e. The molecule has 0 aliphatic rings. The van der Waals surface area contributed by atoms with Crippen LogP contribution in [0.4, 0.5) is 0 Å². The van der Waals surface area contributed by atoms with E-state index in [1.54, 1.807) is 11.6 Å². The Labute approximate surface area is 110 Å². The van der Waals surface area contributed by atoms with Crippen molar-refractivity contribution in [2.24, 2.45) is 0 Å². The molecule has 0 radical (unpaired) electrons. The fraction of sp³-hybridized carbons (Fsp3) is 0.846. The van der Waals surface area contributed by atoms with Crippen LogP contribution >= 0.6 is 0 Å². The average molecular weight is 254 g/mol. The van der Waals surface area contributed by atoms with Gasteiger partial charge in [-0.05, 0) is 54.5 Å². The fourth-order valence-corrected chi connectivity index (χ4v) is 1.81. The molecule has 0 saturated heterocycles. The van der Waals surface area contributed by atoms with Crippen LogP contribution in [0, 0.1) is 0 Å². The third-order valence-corrected chi connectivity index (χ3v) is 2.81. The second-order valence-corrected chi connectivity index (χ2v) is 6.32. The van der Waals surface area contributed by atoms with Gasteiger partial charge in [0.05, 0.1) is 0 Å². The number of aromatic nitrogens is 3. The number of nitrogens with zero attached hydrogens (tertiary/aromatic N) is 3. The van der Waals surface area contributed by atoms with E-state index in [9.17, 15) is 5.11 Å². The zero-order valence-corrected chi connectivity index (χ0v) is 12.4. The highest BCUT2D eigenvalue weighted by atomic mass is 16.3. The van der Waals surface area contributed by atoms with E-state index in [-0.39, 0.29) is 11.6 Å². The minimum absolute atomic E-state index is 0.0573. The number of aliphatic hydroxyl groups is 1. The van der Waals surface area contributed by atoms with E-state index in [1.165, 1.54) is 6.33 Å². The Morgan fingerprint density at radius 2 is 1.94 bits per heavy atom. The summed E-state index contributed by atoms with van der Waals surface area (Å²) in [4.78, 5) is 4.20. The van der Waals surface area contributed by atoms with Crippen molar-refractivity contribution in [3.05, 3.63) is 12.2 Å². The third kappa shape index (κ3) is 4.07. The SMILES string of the molecule is CC(C)n1ncnc1C(C)(O)CCNC(C)(C)C. The molecule has 0 amide bonds. The molecule has 0 fully saturated rings. The molecule has 5 heteroatoms. The lowest BCUT2D eigenvalue weighted by Gasteiger charge is -2.27. The molecule has 1 unspecified atom stereocenters. The van der Waals surface area contributed by atoms with Gasteiger partial charge in [-0.3, -0.25) is 0 Å². The molecule has 104 valence electrons. The summed E-state index contributed by atoms with van der Waals surface area (Å²) < 4.78 is 1.77. The van der Waals surface area contributed by atoms with Gasteiger partial charge in [-0.15, -0.1) is 0 Å². The molecule has 5 nitrogen and oxygen atoms in total. The molecule has 1 aromatic rings. The highest BCUT2D eigenvalue weighted by Gasteiger charge is 2.29. The summed E-state index contributed by atoms with van der Waals surface area (Å²) in [5.41, 5.74) is -0.902. The van der Waals surface area contributed by atoms with Gasteiger partial charge < -0.3 is 10.4 Å². The number of hydrogen-bond acceptors (Lipinski definition) is 4. The predicted molar refractivity (Wildman–Crippen MR) is 72.4 cm³/mol. The molecule has 0 spiro atoms. The highest BCUT2D eigenvalue weighted by Crippen LogP contribution is 2.24. The van der Waals surface area contributed by atoms with Crippen molar-refractivity contribution in [3.63, 3.8) is 0 Å². The molecule has 1 rings (SSSR count). The fourth-order valence-electron chi connectivity index (χ4n) is 1.81. The maximum atomic E-state index is 10.5. The van der Waals surface area contributed by atoms with Crippen LogP contribution in [0.25, 0.3) is 0 Å². The third-order valence-electron chi connectivity index (χ3n) is 2.81. The maximum absolute atomic E-state index is 10.5. The summed E-state index contributed by atoms with van der Waals surface area (Å²) in [6, 6.07) is 0.199. The van der Waals surface area contributed by atoms with Crippen LogP contribution in [0.5, 0.6) is 0 Å². The van der Waals surface area contributed by atoms with Gasteiger partial charge >= 0.3 is 0 Å². The van der Waals surface area contributed by atoms with Crippen molar-refractivity contribution in [2.75, 3.05) is 6.54 Å². The molecule has 0 aromatic carbocycles. The quantitative estimate of drug-likeness (QED) is 0.841. The topological polar surface area (TPSA) is 63.0 Å². The number of rotatable bonds is 5. The average Bonchev–Trinajstić information content (AvgIpc) is 2.63. The van der Waals surface area contributed by atoms with E-state index in [0.29, 0.717) is 12.2 Å². The van der Waals surface area contributed by atoms with Gasteiger partial charge in [0, 0.05) is 11.6 Å². The molecule has 0 bridgehead atoms. The van der Waals surface area contributed by atoms with Crippen molar-refractivity contribution in [1.82, 2.24) is 20.1 Å². The van der Waals surface area contributed by atoms with E-state index in [4.69, 9.17) is 0 Å². The first-order chi connectivity index (χ1) is 8.13.